The van der Waals surface area contributed by atoms with Crippen molar-refractivity contribution in [3.8, 4) is 0 Å². The zero-order valence-electron chi connectivity index (χ0n) is 9.84. The van der Waals surface area contributed by atoms with Gasteiger partial charge in [0.25, 0.3) is 0 Å². The second-order valence-electron chi connectivity index (χ2n) is 3.45. The minimum Gasteiger partial charge on any atom is -0.481 e. The Kier molecular flexibility index (Phi) is 5.58. The van der Waals surface area contributed by atoms with Gasteiger partial charge in [-0.05, 0) is 0 Å². The maximum absolute atomic E-state index is 11.4. The Labute approximate surface area is 103 Å². The maximum atomic E-state index is 11.4. The number of H-pyrrole nitrogens is 1. The molecule has 1 aromatic rings. The molecule has 0 fully saturated rings. The summed E-state index contributed by atoms with van der Waals surface area (Å²) in [6.45, 7) is 0.327. The largest absolute Gasteiger partial charge is 0.481 e. The van der Waals surface area contributed by atoms with Crippen molar-refractivity contribution in [1.82, 2.24) is 25.8 Å². The molecule has 9 heteroatoms. The average molecular weight is 257 g/mol. The summed E-state index contributed by atoms with van der Waals surface area (Å²) in [6.07, 6.45) is 0.611. The van der Waals surface area contributed by atoms with Gasteiger partial charge in [0.2, 0.25) is 0 Å². The van der Waals surface area contributed by atoms with E-state index in [0.29, 0.717) is 5.82 Å². The Balaban J connectivity index is 2.21. The lowest BCUT2D eigenvalue weighted by atomic mass is 10.2. The number of carbonyl (C=O) groups excluding carboxylic acids is 1. The molecule has 0 saturated heterocycles. The third-order valence-electron chi connectivity index (χ3n) is 2.11. The first kappa shape index (κ1) is 13.9. The van der Waals surface area contributed by atoms with Crippen LogP contribution < -0.4 is 10.6 Å². The second-order valence-corrected chi connectivity index (χ2v) is 3.45. The van der Waals surface area contributed by atoms with Gasteiger partial charge in [-0.3, -0.25) is 9.89 Å². The van der Waals surface area contributed by atoms with Gasteiger partial charge in [0.15, 0.2) is 0 Å². The highest BCUT2D eigenvalue weighted by Crippen LogP contribution is 1.95. The zero-order valence-corrected chi connectivity index (χ0v) is 9.84. The van der Waals surface area contributed by atoms with E-state index in [4.69, 9.17) is 9.84 Å². The van der Waals surface area contributed by atoms with Crippen LogP contribution in [-0.2, 0) is 16.1 Å². The summed E-state index contributed by atoms with van der Waals surface area (Å²) in [5.74, 6) is -0.454. The predicted molar refractivity (Wildman–Crippen MR) is 59.7 cm³/mol. The van der Waals surface area contributed by atoms with Crippen molar-refractivity contribution in [3.63, 3.8) is 0 Å². The van der Waals surface area contributed by atoms with Gasteiger partial charge in [-0.2, -0.15) is 5.10 Å². The topological polar surface area (TPSA) is 129 Å². The third-order valence-corrected chi connectivity index (χ3v) is 2.11. The fourth-order valence-electron chi connectivity index (χ4n) is 1.18. The SMILES string of the molecule is COC(CNC(=O)NCc1ncn[nH]1)CC(=O)O. The van der Waals surface area contributed by atoms with Crippen molar-refractivity contribution < 1.29 is 19.4 Å². The second kappa shape index (κ2) is 7.22. The van der Waals surface area contributed by atoms with Crippen LogP contribution in [0, 0.1) is 0 Å². The zero-order chi connectivity index (χ0) is 13.4. The summed E-state index contributed by atoms with van der Waals surface area (Å²) in [6, 6.07) is -0.432. The van der Waals surface area contributed by atoms with Crippen LogP contribution in [0.25, 0.3) is 0 Å². The molecule has 0 saturated carbocycles. The van der Waals surface area contributed by atoms with Crippen molar-refractivity contribution in [1.29, 1.82) is 0 Å². The average Bonchev–Trinajstić information content (AvgIpc) is 2.84. The molecule has 0 spiro atoms. The lowest BCUT2D eigenvalue weighted by Gasteiger charge is -2.14. The summed E-state index contributed by atoms with van der Waals surface area (Å²) >= 11 is 0. The Hall–Kier alpha value is -2.16. The van der Waals surface area contributed by atoms with Gasteiger partial charge in [-0.1, -0.05) is 0 Å². The number of aliphatic carboxylic acids is 1. The molecule has 1 rings (SSSR count). The molecule has 0 aliphatic carbocycles. The molecule has 0 radical (unpaired) electrons. The van der Waals surface area contributed by atoms with Crippen LogP contribution >= 0.6 is 0 Å². The molecule has 9 nitrogen and oxygen atoms in total. The van der Waals surface area contributed by atoms with Gasteiger partial charge in [0.05, 0.1) is 19.1 Å². The number of hydrogen-bond donors (Lipinski definition) is 4. The summed E-state index contributed by atoms with van der Waals surface area (Å²) < 4.78 is 4.91. The summed E-state index contributed by atoms with van der Waals surface area (Å²) in [4.78, 5) is 25.7. The lowest BCUT2D eigenvalue weighted by Crippen LogP contribution is -2.40. The number of hydrogen-bond acceptors (Lipinski definition) is 5. The van der Waals surface area contributed by atoms with Crippen LogP contribution in [0.1, 0.15) is 12.2 Å². The highest BCUT2D eigenvalue weighted by Gasteiger charge is 2.13. The number of ether oxygens (including phenoxy) is 1. The minimum absolute atomic E-state index is 0.116. The van der Waals surface area contributed by atoms with Gasteiger partial charge in [-0.15, -0.1) is 0 Å². The third kappa shape index (κ3) is 5.25. The number of carboxylic acid groups (broad SMARTS) is 1. The molecule has 1 heterocycles. The van der Waals surface area contributed by atoms with Gasteiger partial charge in [0.1, 0.15) is 12.2 Å². The molecule has 18 heavy (non-hydrogen) atoms. The van der Waals surface area contributed by atoms with Crippen LogP contribution in [0.3, 0.4) is 0 Å². The van der Waals surface area contributed by atoms with Crippen LogP contribution in [0.15, 0.2) is 6.33 Å². The molecule has 0 aliphatic heterocycles. The molecule has 1 unspecified atom stereocenters. The first-order chi connectivity index (χ1) is 8.61. The summed E-state index contributed by atoms with van der Waals surface area (Å²) in [5.41, 5.74) is 0. The first-order valence-electron chi connectivity index (χ1n) is 5.22. The normalized spacial score (nSPS) is 11.8. The number of carboxylic acids is 1. The monoisotopic (exact) mass is 257 g/mol. The van der Waals surface area contributed by atoms with Crippen molar-refractivity contribution in [2.24, 2.45) is 0 Å². The molecule has 4 N–H and O–H groups in total. The lowest BCUT2D eigenvalue weighted by molar-refractivity contribution is -0.139. The molecular formula is C9H15N5O4. The highest BCUT2D eigenvalue weighted by molar-refractivity contribution is 5.74. The van der Waals surface area contributed by atoms with Crippen LogP contribution in [0.2, 0.25) is 0 Å². The Bertz CT molecular complexity index is 380. The first-order valence-corrected chi connectivity index (χ1v) is 5.22. The van der Waals surface area contributed by atoms with E-state index in [0.717, 1.165) is 0 Å². The van der Waals surface area contributed by atoms with E-state index >= 15 is 0 Å². The van der Waals surface area contributed by atoms with E-state index in [9.17, 15) is 9.59 Å². The van der Waals surface area contributed by atoms with Crippen molar-refractivity contribution in [3.05, 3.63) is 12.2 Å². The number of aromatic nitrogens is 3. The molecular weight excluding hydrogens is 242 g/mol. The number of rotatable bonds is 7. The predicted octanol–water partition coefficient (Wildman–Crippen LogP) is -0.906. The number of nitrogens with one attached hydrogen (secondary N) is 3. The molecule has 2 amide bonds. The Morgan fingerprint density at radius 2 is 2.33 bits per heavy atom. The van der Waals surface area contributed by atoms with Crippen LogP contribution in [0.4, 0.5) is 4.79 Å². The maximum Gasteiger partial charge on any atom is 0.315 e. The van der Waals surface area contributed by atoms with E-state index in [1.54, 1.807) is 0 Å². The number of aromatic amines is 1. The molecule has 1 atom stereocenters. The van der Waals surface area contributed by atoms with Gasteiger partial charge >= 0.3 is 12.0 Å². The van der Waals surface area contributed by atoms with E-state index in [1.165, 1.54) is 13.4 Å². The number of nitrogens with zero attached hydrogens (tertiary/aromatic N) is 2. The van der Waals surface area contributed by atoms with Crippen molar-refractivity contribution in [2.45, 2.75) is 19.1 Å². The number of methoxy groups -OCH3 is 1. The summed E-state index contributed by atoms with van der Waals surface area (Å²) in [5, 5.41) is 19.8. The number of carbonyl (C=O) groups is 2. The van der Waals surface area contributed by atoms with E-state index in [1.807, 2.05) is 0 Å². The molecule has 1 aromatic heterocycles. The Morgan fingerprint density at radius 1 is 1.56 bits per heavy atom. The van der Waals surface area contributed by atoms with Crippen LogP contribution in [-0.4, -0.2) is 52.0 Å². The van der Waals surface area contributed by atoms with Crippen LogP contribution in [0.5, 0.6) is 0 Å². The fourth-order valence-corrected chi connectivity index (χ4v) is 1.18. The standard InChI is InChI=1S/C9H15N5O4/c1-18-6(2-8(15)16)3-10-9(17)11-4-7-12-5-13-14-7/h5-6H,2-4H2,1H3,(H,15,16)(H2,10,11,17)(H,12,13,14). The van der Waals surface area contributed by atoms with Gasteiger partial charge in [-0.25, -0.2) is 9.78 Å². The smallest absolute Gasteiger partial charge is 0.315 e. The van der Waals surface area contributed by atoms with Crippen molar-refractivity contribution >= 4 is 12.0 Å². The fraction of sp³-hybridized carbons (Fsp3) is 0.556. The van der Waals surface area contributed by atoms with Gasteiger partial charge < -0.3 is 20.5 Å². The summed E-state index contributed by atoms with van der Waals surface area (Å²) in [7, 11) is 1.39. The quantitative estimate of drug-likeness (QED) is 0.500. The van der Waals surface area contributed by atoms with Crippen molar-refractivity contribution in [2.75, 3.05) is 13.7 Å². The highest BCUT2D eigenvalue weighted by atomic mass is 16.5. The minimum atomic E-state index is -0.981. The van der Waals surface area contributed by atoms with E-state index in [2.05, 4.69) is 25.8 Å². The number of amides is 2. The van der Waals surface area contributed by atoms with E-state index < -0.39 is 18.1 Å². The number of urea groups is 1. The van der Waals surface area contributed by atoms with E-state index in [-0.39, 0.29) is 19.5 Å². The van der Waals surface area contributed by atoms with Gasteiger partial charge in [0, 0.05) is 13.7 Å². The Morgan fingerprint density at radius 3 is 2.89 bits per heavy atom. The molecule has 0 aliphatic rings. The molecule has 0 aromatic carbocycles. The molecule has 100 valence electrons. The molecule has 0 bridgehead atoms.